The molecule has 1 aromatic carbocycles. The van der Waals surface area contributed by atoms with Crippen molar-refractivity contribution in [1.82, 2.24) is 5.32 Å². The van der Waals surface area contributed by atoms with Crippen LogP contribution >= 0.6 is 0 Å². The third kappa shape index (κ3) is 2.30. The zero-order valence-electron chi connectivity index (χ0n) is 10.2. The quantitative estimate of drug-likeness (QED) is 0.879. The second kappa shape index (κ2) is 4.66. The average Bonchev–Trinajstić information content (AvgIpc) is 2.83. The molecule has 17 heavy (non-hydrogen) atoms. The number of rotatable bonds is 3. The van der Waals surface area contributed by atoms with Crippen LogP contribution in [0.25, 0.3) is 0 Å². The number of nitrogens with zero attached hydrogens (tertiary/aromatic N) is 1. The van der Waals surface area contributed by atoms with Gasteiger partial charge in [0.25, 0.3) is 0 Å². The van der Waals surface area contributed by atoms with Crippen molar-refractivity contribution >= 4 is 15.7 Å². The minimum Gasteiger partial charge on any atom is -0.315 e. The first-order chi connectivity index (χ1) is 8.03. The van der Waals surface area contributed by atoms with Gasteiger partial charge < -0.3 is 5.32 Å². The fourth-order valence-corrected chi connectivity index (χ4v) is 3.83. The molecule has 0 saturated carbocycles. The normalized spacial score (nSPS) is 20.5. The lowest BCUT2D eigenvalue weighted by Crippen LogP contribution is -2.37. The molecule has 1 saturated heterocycles. The van der Waals surface area contributed by atoms with E-state index in [9.17, 15) is 8.42 Å². The Morgan fingerprint density at radius 1 is 1.35 bits per heavy atom. The van der Waals surface area contributed by atoms with E-state index < -0.39 is 10.0 Å². The Hall–Kier alpha value is -1.07. The van der Waals surface area contributed by atoms with E-state index in [0.29, 0.717) is 13.0 Å². The first kappa shape index (κ1) is 12.4. The van der Waals surface area contributed by atoms with Crippen LogP contribution in [0, 0.1) is 6.92 Å². The molecule has 0 radical (unpaired) electrons. The SMILES string of the molecule is Cc1ccccc1N(C)S(=O)(=O)C1CCNC1. The van der Waals surface area contributed by atoms with Crippen LogP contribution in [-0.2, 0) is 10.0 Å². The number of benzene rings is 1. The summed E-state index contributed by atoms with van der Waals surface area (Å²) in [6.07, 6.45) is 0.693. The lowest BCUT2D eigenvalue weighted by molar-refractivity contribution is 0.581. The number of para-hydroxylation sites is 1. The van der Waals surface area contributed by atoms with Gasteiger partial charge in [0.05, 0.1) is 10.9 Å². The fourth-order valence-electron chi connectivity index (χ4n) is 2.16. The molecule has 1 aliphatic heterocycles. The molecule has 1 fully saturated rings. The van der Waals surface area contributed by atoms with Crippen LogP contribution in [-0.4, -0.2) is 33.8 Å². The van der Waals surface area contributed by atoms with Crippen molar-refractivity contribution in [2.45, 2.75) is 18.6 Å². The predicted molar refractivity (Wildman–Crippen MR) is 69.8 cm³/mol. The van der Waals surface area contributed by atoms with Crippen molar-refractivity contribution in [3.63, 3.8) is 0 Å². The molecule has 0 spiro atoms. The number of aryl methyl sites for hydroxylation is 1. The topological polar surface area (TPSA) is 49.4 Å². The maximum Gasteiger partial charge on any atom is 0.239 e. The molecule has 0 bridgehead atoms. The Morgan fingerprint density at radius 2 is 2.06 bits per heavy atom. The summed E-state index contributed by atoms with van der Waals surface area (Å²) in [4.78, 5) is 0. The van der Waals surface area contributed by atoms with Crippen molar-refractivity contribution in [3.8, 4) is 0 Å². The third-order valence-electron chi connectivity index (χ3n) is 3.27. The van der Waals surface area contributed by atoms with Crippen molar-refractivity contribution in [2.24, 2.45) is 0 Å². The first-order valence-corrected chi connectivity index (χ1v) is 7.28. The van der Waals surface area contributed by atoms with Gasteiger partial charge in [-0.15, -0.1) is 0 Å². The highest BCUT2D eigenvalue weighted by molar-refractivity contribution is 7.93. The summed E-state index contributed by atoms with van der Waals surface area (Å²) in [5, 5.41) is 2.79. The maximum absolute atomic E-state index is 12.4. The molecule has 0 aromatic heterocycles. The third-order valence-corrected chi connectivity index (χ3v) is 5.48. The minimum atomic E-state index is -3.24. The summed E-state index contributed by atoms with van der Waals surface area (Å²) in [6, 6.07) is 7.54. The van der Waals surface area contributed by atoms with Crippen LogP contribution < -0.4 is 9.62 Å². The largest absolute Gasteiger partial charge is 0.315 e. The molecule has 5 heteroatoms. The molecule has 2 rings (SSSR count). The number of nitrogens with one attached hydrogen (secondary N) is 1. The van der Waals surface area contributed by atoms with Gasteiger partial charge in [0.15, 0.2) is 0 Å². The highest BCUT2D eigenvalue weighted by Crippen LogP contribution is 2.24. The van der Waals surface area contributed by atoms with E-state index in [2.05, 4.69) is 5.32 Å². The molecule has 1 heterocycles. The van der Waals surface area contributed by atoms with Gasteiger partial charge in [0.1, 0.15) is 0 Å². The van der Waals surface area contributed by atoms with Gasteiger partial charge in [-0.25, -0.2) is 8.42 Å². The van der Waals surface area contributed by atoms with E-state index in [1.54, 1.807) is 7.05 Å². The van der Waals surface area contributed by atoms with Crippen LogP contribution in [0.1, 0.15) is 12.0 Å². The number of hydrogen-bond donors (Lipinski definition) is 1. The highest BCUT2D eigenvalue weighted by Gasteiger charge is 2.32. The molecular formula is C12H18N2O2S. The highest BCUT2D eigenvalue weighted by atomic mass is 32.2. The van der Waals surface area contributed by atoms with Crippen molar-refractivity contribution in [2.75, 3.05) is 24.4 Å². The Kier molecular flexibility index (Phi) is 3.40. The molecular weight excluding hydrogens is 236 g/mol. The zero-order valence-corrected chi connectivity index (χ0v) is 11.0. The fraction of sp³-hybridized carbons (Fsp3) is 0.500. The predicted octanol–water partition coefficient (Wildman–Crippen LogP) is 1.12. The summed E-state index contributed by atoms with van der Waals surface area (Å²) >= 11 is 0. The van der Waals surface area contributed by atoms with E-state index in [1.807, 2.05) is 31.2 Å². The molecule has 0 amide bonds. The summed E-state index contributed by atoms with van der Waals surface area (Å²) in [6.45, 7) is 3.26. The average molecular weight is 254 g/mol. The molecule has 1 unspecified atom stereocenters. The zero-order chi connectivity index (χ0) is 12.5. The lowest BCUT2D eigenvalue weighted by Gasteiger charge is -2.24. The van der Waals surface area contributed by atoms with E-state index in [4.69, 9.17) is 0 Å². The number of hydrogen-bond acceptors (Lipinski definition) is 3. The first-order valence-electron chi connectivity index (χ1n) is 5.77. The van der Waals surface area contributed by atoms with Gasteiger partial charge in [-0.2, -0.15) is 0 Å². The van der Waals surface area contributed by atoms with E-state index in [1.165, 1.54) is 4.31 Å². The van der Waals surface area contributed by atoms with Gasteiger partial charge >= 0.3 is 0 Å². The number of sulfonamides is 1. The van der Waals surface area contributed by atoms with Crippen LogP contribution in [0.5, 0.6) is 0 Å². The van der Waals surface area contributed by atoms with Crippen LogP contribution in [0.3, 0.4) is 0 Å². The molecule has 1 aromatic rings. The second-order valence-electron chi connectivity index (χ2n) is 4.41. The molecule has 4 nitrogen and oxygen atoms in total. The Bertz CT molecular complexity index is 493. The maximum atomic E-state index is 12.4. The minimum absolute atomic E-state index is 0.299. The van der Waals surface area contributed by atoms with Crippen LogP contribution in [0.2, 0.25) is 0 Å². The summed E-state index contributed by atoms with van der Waals surface area (Å²) in [7, 11) is -1.61. The Morgan fingerprint density at radius 3 is 2.65 bits per heavy atom. The molecule has 0 aliphatic carbocycles. The molecule has 1 N–H and O–H groups in total. The van der Waals surface area contributed by atoms with Gasteiger partial charge in [0, 0.05) is 13.6 Å². The smallest absolute Gasteiger partial charge is 0.239 e. The molecule has 94 valence electrons. The summed E-state index contributed by atoms with van der Waals surface area (Å²) in [5.74, 6) is 0. The van der Waals surface area contributed by atoms with E-state index >= 15 is 0 Å². The van der Waals surface area contributed by atoms with Crippen LogP contribution in [0.15, 0.2) is 24.3 Å². The van der Waals surface area contributed by atoms with E-state index in [-0.39, 0.29) is 5.25 Å². The molecule has 1 aliphatic rings. The second-order valence-corrected chi connectivity index (χ2v) is 6.66. The van der Waals surface area contributed by atoms with Crippen molar-refractivity contribution < 1.29 is 8.42 Å². The Balaban J connectivity index is 2.31. The number of anilines is 1. The van der Waals surface area contributed by atoms with Gasteiger partial charge in [-0.1, -0.05) is 18.2 Å². The molecule has 1 atom stereocenters. The summed E-state index contributed by atoms with van der Waals surface area (Å²) < 4.78 is 26.2. The van der Waals surface area contributed by atoms with Gasteiger partial charge in [0.2, 0.25) is 10.0 Å². The lowest BCUT2D eigenvalue weighted by atomic mass is 10.2. The Labute approximate surface area is 103 Å². The van der Waals surface area contributed by atoms with E-state index in [0.717, 1.165) is 17.8 Å². The monoisotopic (exact) mass is 254 g/mol. The van der Waals surface area contributed by atoms with Crippen molar-refractivity contribution in [3.05, 3.63) is 29.8 Å². The van der Waals surface area contributed by atoms with Crippen molar-refractivity contribution in [1.29, 1.82) is 0 Å². The van der Waals surface area contributed by atoms with Crippen LogP contribution in [0.4, 0.5) is 5.69 Å². The van der Waals surface area contributed by atoms with Gasteiger partial charge in [-0.05, 0) is 31.5 Å². The summed E-state index contributed by atoms with van der Waals surface area (Å²) in [5.41, 5.74) is 1.74. The van der Waals surface area contributed by atoms with Gasteiger partial charge in [-0.3, -0.25) is 4.31 Å². The standard InChI is InChI=1S/C12H18N2O2S/c1-10-5-3-4-6-12(10)14(2)17(15,16)11-7-8-13-9-11/h3-6,11,13H,7-9H2,1-2H3.